The van der Waals surface area contributed by atoms with Crippen LogP contribution in [-0.4, -0.2) is 30.1 Å². The minimum Gasteiger partial charge on any atom is -0.329 e. The van der Waals surface area contributed by atoms with E-state index >= 15 is 0 Å². The standard InChI is InChI=1S/C19H26N2/c1-19(15-20,21-12-5-2-6-13-21)14-17-10-7-9-16-8-3-4-11-18(16)17/h3-4,7-11H,2,5-6,12-15,20H2,1H3. The van der Waals surface area contributed by atoms with Crippen LogP contribution in [-0.2, 0) is 6.42 Å². The second kappa shape index (κ2) is 6.17. The molecule has 0 aromatic heterocycles. The third kappa shape index (κ3) is 2.97. The molecule has 0 spiro atoms. The van der Waals surface area contributed by atoms with Crippen molar-refractivity contribution in [3.05, 3.63) is 48.0 Å². The molecule has 0 bridgehead atoms. The zero-order valence-corrected chi connectivity index (χ0v) is 13.0. The first-order chi connectivity index (χ1) is 10.2. The summed E-state index contributed by atoms with van der Waals surface area (Å²) in [4.78, 5) is 2.61. The Bertz CT molecular complexity index is 596. The van der Waals surface area contributed by atoms with Crippen molar-refractivity contribution < 1.29 is 0 Å². The van der Waals surface area contributed by atoms with Crippen LogP contribution in [0.25, 0.3) is 10.8 Å². The quantitative estimate of drug-likeness (QED) is 0.928. The molecule has 1 aliphatic heterocycles. The number of likely N-dealkylation sites (tertiary alicyclic amines) is 1. The number of nitrogens with two attached hydrogens (primary N) is 1. The van der Waals surface area contributed by atoms with Gasteiger partial charge in [0.1, 0.15) is 0 Å². The molecule has 1 fully saturated rings. The summed E-state index contributed by atoms with van der Waals surface area (Å²) in [5.74, 6) is 0. The van der Waals surface area contributed by atoms with Crippen LogP contribution >= 0.6 is 0 Å². The second-order valence-corrected chi connectivity index (χ2v) is 6.56. The molecule has 1 atom stereocenters. The van der Waals surface area contributed by atoms with Gasteiger partial charge < -0.3 is 5.73 Å². The van der Waals surface area contributed by atoms with Crippen molar-refractivity contribution in [2.45, 2.75) is 38.1 Å². The number of fused-ring (bicyclic) bond motifs is 1. The first-order valence-corrected chi connectivity index (χ1v) is 8.15. The summed E-state index contributed by atoms with van der Waals surface area (Å²) < 4.78 is 0. The maximum absolute atomic E-state index is 6.19. The van der Waals surface area contributed by atoms with Crippen LogP contribution in [0.5, 0.6) is 0 Å². The van der Waals surface area contributed by atoms with E-state index in [0.29, 0.717) is 0 Å². The van der Waals surface area contributed by atoms with Gasteiger partial charge >= 0.3 is 0 Å². The van der Waals surface area contributed by atoms with Crippen LogP contribution in [0.4, 0.5) is 0 Å². The molecule has 1 aliphatic rings. The first kappa shape index (κ1) is 14.6. The molecule has 112 valence electrons. The van der Waals surface area contributed by atoms with E-state index < -0.39 is 0 Å². The predicted octanol–water partition coefficient (Wildman–Crippen LogP) is 3.59. The van der Waals surface area contributed by atoms with Crippen molar-refractivity contribution >= 4 is 10.8 Å². The van der Waals surface area contributed by atoms with E-state index in [-0.39, 0.29) is 5.54 Å². The summed E-state index contributed by atoms with van der Waals surface area (Å²) in [7, 11) is 0. The van der Waals surface area contributed by atoms with E-state index in [9.17, 15) is 0 Å². The van der Waals surface area contributed by atoms with Crippen LogP contribution in [0.3, 0.4) is 0 Å². The maximum Gasteiger partial charge on any atom is 0.0344 e. The molecule has 0 aliphatic carbocycles. The lowest BCUT2D eigenvalue weighted by Crippen LogP contribution is -2.54. The molecule has 2 aromatic rings. The van der Waals surface area contributed by atoms with Crippen LogP contribution in [0.1, 0.15) is 31.7 Å². The Morgan fingerprint density at radius 3 is 2.48 bits per heavy atom. The number of rotatable bonds is 4. The minimum absolute atomic E-state index is 0.0740. The lowest BCUT2D eigenvalue weighted by molar-refractivity contribution is 0.0873. The molecular weight excluding hydrogens is 256 g/mol. The predicted molar refractivity (Wildman–Crippen MR) is 90.5 cm³/mol. The molecular formula is C19H26N2. The smallest absolute Gasteiger partial charge is 0.0344 e. The first-order valence-electron chi connectivity index (χ1n) is 8.15. The van der Waals surface area contributed by atoms with Gasteiger partial charge in [-0.3, -0.25) is 4.90 Å². The average Bonchev–Trinajstić information content (AvgIpc) is 2.56. The summed E-state index contributed by atoms with van der Waals surface area (Å²) in [5, 5.41) is 2.70. The summed E-state index contributed by atoms with van der Waals surface area (Å²) in [6.07, 6.45) is 5.02. The van der Waals surface area contributed by atoms with Gasteiger partial charge in [-0.25, -0.2) is 0 Å². The lowest BCUT2D eigenvalue weighted by Gasteiger charge is -2.43. The topological polar surface area (TPSA) is 29.3 Å². The Hall–Kier alpha value is -1.38. The minimum atomic E-state index is 0.0740. The van der Waals surface area contributed by atoms with Gasteiger partial charge in [-0.15, -0.1) is 0 Å². The van der Waals surface area contributed by atoms with Crippen molar-refractivity contribution in [2.24, 2.45) is 5.73 Å². The van der Waals surface area contributed by atoms with Crippen LogP contribution in [0.2, 0.25) is 0 Å². The van der Waals surface area contributed by atoms with Crippen LogP contribution < -0.4 is 5.73 Å². The fourth-order valence-electron chi connectivity index (χ4n) is 3.60. The molecule has 2 aromatic carbocycles. The number of nitrogens with zero attached hydrogens (tertiary/aromatic N) is 1. The summed E-state index contributed by atoms with van der Waals surface area (Å²) in [6, 6.07) is 15.3. The Morgan fingerprint density at radius 2 is 1.71 bits per heavy atom. The van der Waals surface area contributed by atoms with Gasteiger partial charge in [-0.05, 0) is 55.6 Å². The van der Waals surface area contributed by atoms with E-state index in [1.807, 2.05) is 0 Å². The van der Waals surface area contributed by atoms with Gasteiger partial charge in [0.2, 0.25) is 0 Å². The van der Waals surface area contributed by atoms with Crippen molar-refractivity contribution in [3.63, 3.8) is 0 Å². The maximum atomic E-state index is 6.19. The van der Waals surface area contributed by atoms with Gasteiger partial charge in [0.05, 0.1) is 0 Å². The van der Waals surface area contributed by atoms with Crippen LogP contribution in [0, 0.1) is 0 Å². The Labute approximate surface area is 127 Å². The van der Waals surface area contributed by atoms with E-state index in [1.54, 1.807) is 0 Å². The van der Waals surface area contributed by atoms with Gasteiger partial charge in [-0.1, -0.05) is 48.9 Å². The van der Waals surface area contributed by atoms with E-state index in [1.165, 1.54) is 48.7 Å². The van der Waals surface area contributed by atoms with Crippen molar-refractivity contribution in [1.82, 2.24) is 4.90 Å². The average molecular weight is 282 g/mol. The fourth-order valence-corrected chi connectivity index (χ4v) is 3.60. The monoisotopic (exact) mass is 282 g/mol. The Morgan fingerprint density at radius 1 is 1.00 bits per heavy atom. The van der Waals surface area contributed by atoms with E-state index in [2.05, 4.69) is 54.3 Å². The number of hydrogen-bond acceptors (Lipinski definition) is 2. The Kier molecular flexibility index (Phi) is 4.27. The second-order valence-electron chi connectivity index (χ2n) is 6.56. The third-order valence-electron chi connectivity index (χ3n) is 5.01. The van der Waals surface area contributed by atoms with Gasteiger partial charge in [-0.2, -0.15) is 0 Å². The van der Waals surface area contributed by atoms with Crippen molar-refractivity contribution in [2.75, 3.05) is 19.6 Å². The summed E-state index contributed by atoms with van der Waals surface area (Å²) >= 11 is 0. The van der Waals surface area contributed by atoms with Gasteiger partial charge in [0, 0.05) is 12.1 Å². The molecule has 0 saturated carbocycles. The lowest BCUT2D eigenvalue weighted by atomic mass is 9.87. The summed E-state index contributed by atoms with van der Waals surface area (Å²) in [6.45, 7) is 5.44. The largest absolute Gasteiger partial charge is 0.329 e. The zero-order chi connectivity index (χ0) is 14.7. The molecule has 0 amide bonds. The SMILES string of the molecule is CC(CN)(Cc1cccc2ccccc12)N1CCCCC1. The Balaban J connectivity index is 1.91. The molecule has 3 rings (SSSR count). The number of hydrogen-bond donors (Lipinski definition) is 1. The zero-order valence-electron chi connectivity index (χ0n) is 13.0. The molecule has 1 saturated heterocycles. The van der Waals surface area contributed by atoms with Crippen molar-refractivity contribution in [3.8, 4) is 0 Å². The molecule has 0 radical (unpaired) electrons. The van der Waals surface area contributed by atoms with Gasteiger partial charge in [0.25, 0.3) is 0 Å². The van der Waals surface area contributed by atoms with Crippen molar-refractivity contribution in [1.29, 1.82) is 0 Å². The molecule has 2 nitrogen and oxygen atoms in total. The fraction of sp³-hybridized carbons (Fsp3) is 0.474. The molecule has 1 unspecified atom stereocenters. The normalized spacial score (nSPS) is 19.5. The van der Waals surface area contributed by atoms with Gasteiger partial charge in [0.15, 0.2) is 0 Å². The van der Waals surface area contributed by atoms with E-state index in [4.69, 9.17) is 5.73 Å². The highest BCUT2D eigenvalue weighted by molar-refractivity contribution is 5.85. The van der Waals surface area contributed by atoms with Crippen LogP contribution in [0.15, 0.2) is 42.5 Å². The molecule has 2 heteroatoms. The third-order valence-corrected chi connectivity index (χ3v) is 5.01. The number of benzene rings is 2. The molecule has 1 heterocycles. The van der Waals surface area contributed by atoms with E-state index in [0.717, 1.165) is 13.0 Å². The highest BCUT2D eigenvalue weighted by Gasteiger charge is 2.31. The molecule has 21 heavy (non-hydrogen) atoms. The molecule has 2 N–H and O–H groups in total. The summed E-state index contributed by atoms with van der Waals surface area (Å²) in [5.41, 5.74) is 7.68. The highest BCUT2D eigenvalue weighted by atomic mass is 15.2. The highest BCUT2D eigenvalue weighted by Crippen LogP contribution is 2.27. The number of piperidine rings is 1.